The first-order valence-electron chi connectivity index (χ1n) is 9.82. The van der Waals surface area contributed by atoms with E-state index in [0.29, 0.717) is 10.6 Å². The number of carbonyl (C=O) groups excluding carboxylic acids is 2. The number of hydrogen-bond donors (Lipinski definition) is 1. The highest BCUT2D eigenvalue weighted by molar-refractivity contribution is 8.00. The van der Waals surface area contributed by atoms with Crippen molar-refractivity contribution in [1.29, 1.82) is 0 Å². The molecule has 30 heavy (non-hydrogen) atoms. The molecule has 0 spiro atoms. The van der Waals surface area contributed by atoms with Gasteiger partial charge in [-0.1, -0.05) is 51.1 Å². The molecule has 1 aromatic heterocycles. The van der Waals surface area contributed by atoms with Gasteiger partial charge in [-0.2, -0.15) is 0 Å². The summed E-state index contributed by atoms with van der Waals surface area (Å²) in [4.78, 5) is 27.4. The number of benzene rings is 2. The molecule has 0 unspecified atom stereocenters. The highest BCUT2D eigenvalue weighted by Gasteiger charge is 2.34. The summed E-state index contributed by atoms with van der Waals surface area (Å²) in [5, 5.41) is 4.73. The minimum Gasteiger partial charge on any atom is -0.321 e. The van der Waals surface area contributed by atoms with Gasteiger partial charge in [-0.05, 0) is 52.3 Å². The molecule has 1 atom stereocenters. The smallest absolute Gasteiger partial charge is 0.265 e. The van der Waals surface area contributed by atoms with E-state index in [-0.39, 0.29) is 22.6 Å². The Morgan fingerprint density at radius 2 is 1.73 bits per heavy atom. The molecule has 0 saturated carbocycles. The number of amides is 2. The van der Waals surface area contributed by atoms with Crippen LogP contribution >= 0.6 is 23.1 Å². The third-order valence-electron chi connectivity index (χ3n) is 5.08. The summed E-state index contributed by atoms with van der Waals surface area (Å²) in [6.45, 7) is 6.54. The Morgan fingerprint density at radius 1 is 1.03 bits per heavy atom. The van der Waals surface area contributed by atoms with Crippen molar-refractivity contribution in [2.75, 3.05) is 16.0 Å². The van der Waals surface area contributed by atoms with E-state index in [2.05, 4.69) is 38.2 Å². The van der Waals surface area contributed by atoms with Gasteiger partial charge in [0.2, 0.25) is 5.91 Å². The predicted octanol–water partition coefficient (Wildman–Crippen LogP) is 6.08. The van der Waals surface area contributed by atoms with Gasteiger partial charge in [-0.15, -0.1) is 23.1 Å². The first-order valence-corrected chi connectivity index (χ1v) is 11.7. The van der Waals surface area contributed by atoms with Gasteiger partial charge in [0.15, 0.2) is 0 Å². The van der Waals surface area contributed by atoms with Crippen molar-refractivity contribution in [3.63, 3.8) is 0 Å². The maximum absolute atomic E-state index is 12.6. The first kappa shape index (κ1) is 20.7. The fourth-order valence-electron chi connectivity index (χ4n) is 3.40. The summed E-state index contributed by atoms with van der Waals surface area (Å²) in [5.74, 6) is 0.468. The Kier molecular flexibility index (Phi) is 5.71. The molecular weight excluding hydrogens is 412 g/mol. The van der Waals surface area contributed by atoms with Crippen LogP contribution in [-0.4, -0.2) is 17.6 Å². The molecule has 0 aliphatic carbocycles. The second-order valence-electron chi connectivity index (χ2n) is 8.28. The fraction of sp³-hybridized carbons (Fsp3) is 0.250. The summed E-state index contributed by atoms with van der Waals surface area (Å²) < 4.78 is 0. The maximum Gasteiger partial charge on any atom is 0.265 e. The predicted molar refractivity (Wildman–Crippen MR) is 127 cm³/mol. The van der Waals surface area contributed by atoms with Crippen molar-refractivity contribution in [2.45, 2.75) is 31.6 Å². The largest absolute Gasteiger partial charge is 0.321 e. The Bertz CT molecular complexity index is 1040. The van der Waals surface area contributed by atoms with Crippen LogP contribution in [0.4, 0.5) is 11.4 Å². The number of nitrogens with zero attached hydrogens (tertiary/aromatic N) is 1. The molecule has 1 saturated heterocycles. The lowest BCUT2D eigenvalue weighted by molar-refractivity contribution is -0.115. The third-order valence-corrected chi connectivity index (χ3v) is 7.16. The van der Waals surface area contributed by atoms with E-state index >= 15 is 0 Å². The van der Waals surface area contributed by atoms with Crippen LogP contribution in [0.3, 0.4) is 0 Å². The first-order chi connectivity index (χ1) is 14.3. The molecule has 4 rings (SSSR count). The fourth-order valence-corrected chi connectivity index (χ4v) is 5.20. The van der Waals surface area contributed by atoms with Crippen molar-refractivity contribution >= 4 is 46.3 Å². The molecule has 6 heteroatoms. The minimum atomic E-state index is -0.108. The quantitative estimate of drug-likeness (QED) is 0.539. The second-order valence-corrected chi connectivity index (χ2v) is 10.3. The van der Waals surface area contributed by atoms with Gasteiger partial charge in [0.05, 0.1) is 10.6 Å². The Balaban J connectivity index is 1.52. The molecule has 154 valence electrons. The van der Waals surface area contributed by atoms with Crippen LogP contribution in [0.25, 0.3) is 0 Å². The van der Waals surface area contributed by atoms with Crippen molar-refractivity contribution in [1.82, 2.24) is 0 Å². The second kappa shape index (κ2) is 8.28. The van der Waals surface area contributed by atoms with Gasteiger partial charge < -0.3 is 5.32 Å². The summed E-state index contributed by atoms with van der Waals surface area (Å²) in [7, 11) is 0. The average Bonchev–Trinajstić information content (AvgIpc) is 3.38. The maximum atomic E-state index is 12.6. The topological polar surface area (TPSA) is 49.4 Å². The number of thiophene rings is 1. The molecule has 0 radical (unpaired) electrons. The lowest BCUT2D eigenvalue weighted by Crippen LogP contribution is -2.28. The zero-order valence-corrected chi connectivity index (χ0v) is 18.8. The molecule has 2 heterocycles. The van der Waals surface area contributed by atoms with Gasteiger partial charge in [0.25, 0.3) is 5.91 Å². The van der Waals surface area contributed by atoms with Crippen LogP contribution < -0.4 is 10.2 Å². The van der Waals surface area contributed by atoms with E-state index in [0.717, 1.165) is 16.9 Å². The van der Waals surface area contributed by atoms with E-state index < -0.39 is 0 Å². The number of hydrogen-bond acceptors (Lipinski definition) is 4. The van der Waals surface area contributed by atoms with E-state index in [4.69, 9.17) is 0 Å². The van der Waals surface area contributed by atoms with Crippen molar-refractivity contribution < 1.29 is 9.59 Å². The lowest BCUT2D eigenvalue weighted by atomic mass is 9.87. The van der Waals surface area contributed by atoms with E-state index in [1.165, 1.54) is 16.9 Å². The number of carbonyl (C=O) groups is 2. The van der Waals surface area contributed by atoms with Crippen LogP contribution in [0.2, 0.25) is 0 Å². The summed E-state index contributed by atoms with van der Waals surface area (Å²) in [6.07, 6.45) is 0. The lowest BCUT2D eigenvalue weighted by Gasteiger charge is -2.26. The van der Waals surface area contributed by atoms with Crippen molar-refractivity contribution in [2.24, 2.45) is 0 Å². The monoisotopic (exact) mass is 436 g/mol. The SMILES string of the molecule is CC(C)(C)c1ccc(N2C(=O)CS[C@H]2c2ccc(NC(=O)c3cccs3)cc2)cc1. The molecule has 2 amide bonds. The van der Waals surface area contributed by atoms with Gasteiger partial charge in [0.1, 0.15) is 5.37 Å². The molecule has 3 aromatic rings. The Morgan fingerprint density at radius 3 is 2.33 bits per heavy atom. The van der Waals surface area contributed by atoms with Crippen LogP contribution in [0, 0.1) is 0 Å². The average molecular weight is 437 g/mol. The highest BCUT2D eigenvalue weighted by Crippen LogP contribution is 2.42. The molecular formula is C24H24N2O2S2. The molecule has 2 aromatic carbocycles. The number of rotatable bonds is 4. The number of thioether (sulfide) groups is 1. The Labute approximate surface area is 185 Å². The molecule has 1 N–H and O–H groups in total. The summed E-state index contributed by atoms with van der Waals surface area (Å²) in [5.41, 5.74) is 4.02. The van der Waals surface area contributed by atoms with Gasteiger partial charge >= 0.3 is 0 Å². The minimum absolute atomic E-state index is 0.0694. The van der Waals surface area contributed by atoms with E-state index in [1.807, 2.05) is 52.7 Å². The Hall–Kier alpha value is -2.57. The van der Waals surface area contributed by atoms with Gasteiger partial charge in [0, 0.05) is 11.4 Å². The van der Waals surface area contributed by atoms with Crippen LogP contribution in [0.5, 0.6) is 0 Å². The number of anilines is 2. The summed E-state index contributed by atoms with van der Waals surface area (Å²) in [6, 6.07) is 19.7. The zero-order chi connectivity index (χ0) is 21.3. The third kappa shape index (κ3) is 4.30. The summed E-state index contributed by atoms with van der Waals surface area (Å²) >= 11 is 3.04. The van der Waals surface area contributed by atoms with E-state index in [9.17, 15) is 9.59 Å². The van der Waals surface area contributed by atoms with Crippen molar-refractivity contribution in [3.05, 3.63) is 82.0 Å². The molecule has 1 aliphatic heterocycles. The standard InChI is InChI=1S/C24H24N2O2S2/c1-24(2,3)17-8-12-19(13-9-17)26-21(27)15-30-23(26)16-6-10-18(11-7-16)25-22(28)20-5-4-14-29-20/h4-14,23H,15H2,1-3H3,(H,25,28)/t23-/m0/s1. The number of nitrogens with one attached hydrogen (secondary N) is 1. The van der Waals surface area contributed by atoms with Crippen molar-refractivity contribution in [3.8, 4) is 0 Å². The normalized spacial score (nSPS) is 16.7. The van der Waals surface area contributed by atoms with Crippen LogP contribution in [0.15, 0.2) is 66.0 Å². The molecule has 1 fully saturated rings. The zero-order valence-electron chi connectivity index (χ0n) is 17.2. The molecule has 0 bridgehead atoms. The molecule has 1 aliphatic rings. The highest BCUT2D eigenvalue weighted by atomic mass is 32.2. The molecule has 4 nitrogen and oxygen atoms in total. The van der Waals surface area contributed by atoms with Crippen LogP contribution in [0.1, 0.15) is 46.9 Å². The van der Waals surface area contributed by atoms with Crippen LogP contribution in [-0.2, 0) is 10.2 Å². The van der Waals surface area contributed by atoms with Gasteiger partial charge in [-0.25, -0.2) is 0 Å². The van der Waals surface area contributed by atoms with Gasteiger partial charge in [-0.3, -0.25) is 14.5 Å². The van der Waals surface area contributed by atoms with E-state index in [1.54, 1.807) is 17.8 Å².